The number of benzene rings is 13. The van der Waals surface area contributed by atoms with E-state index in [0.717, 1.165) is 99.5 Å². The molecule has 2 aromatic heterocycles. The number of hydrogen-bond donors (Lipinski definition) is 0. The molecule has 15 aromatic rings. The van der Waals surface area contributed by atoms with Crippen molar-refractivity contribution in [2.24, 2.45) is 0 Å². The number of nitrogens with zero attached hydrogens (tertiary/aromatic N) is 2. The number of para-hydroxylation sites is 2. The third-order valence-electron chi connectivity index (χ3n) is 14.5. The lowest BCUT2D eigenvalue weighted by atomic mass is 9.96. The van der Waals surface area contributed by atoms with Crippen LogP contribution in [0.15, 0.2) is 251 Å². The average Bonchev–Trinajstić information content (AvgIpc) is 4.00. The van der Waals surface area contributed by atoms with E-state index in [0.29, 0.717) is 0 Å². The second-order valence-corrected chi connectivity index (χ2v) is 18.3. The van der Waals surface area contributed by atoms with Crippen LogP contribution in [-0.4, -0.2) is 0 Å². The molecule has 326 valence electrons. The lowest BCUT2D eigenvalue weighted by Crippen LogP contribution is -2.11. The van der Waals surface area contributed by atoms with Crippen LogP contribution in [0.5, 0.6) is 0 Å². The molecule has 0 radical (unpaired) electrons. The minimum atomic E-state index is 0.735. The Hall–Kier alpha value is -9.38. The van der Waals surface area contributed by atoms with Gasteiger partial charge in [-0.2, -0.15) is 0 Å². The van der Waals surface area contributed by atoms with E-state index in [9.17, 15) is 0 Å². The SMILES string of the molecule is c1ccc(N(c2c3ccccc3cc3ccccc23)c2cc3oc4c(ccc5c4oc4cc(N(c6ccccc6)c6c7ccccc7cc7ccccc67)c6ccccc6c45)c3c3ccccc23)cc1. The molecule has 0 aliphatic rings. The van der Waals surface area contributed by atoms with Crippen LogP contribution in [0.2, 0.25) is 0 Å². The number of hydrogen-bond acceptors (Lipinski definition) is 4. The maximum Gasteiger partial charge on any atom is 0.178 e. The van der Waals surface area contributed by atoms with Gasteiger partial charge in [-0.15, -0.1) is 0 Å². The van der Waals surface area contributed by atoms with Gasteiger partial charge in [0.25, 0.3) is 0 Å². The predicted molar refractivity (Wildman–Crippen MR) is 295 cm³/mol. The fourth-order valence-electron chi connectivity index (χ4n) is 11.5. The molecule has 15 rings (SSSR count). The van der Waals surface area contributed by atoms with Gasteiger partial charge in [-0.25, -0.2) is 0 Å². The summed E-state index contributed by atoms with van der Waals surface area (Å²) in [5.41, 5.74) is 9.52. The Morgan fingerprint density at radius 1 is 0.243 bits per heavy atom. The highest BCUT2D eigenvalue weighted by atomic mass is 16.4. The van der Waals surface area contributed by atoms with Crippen LogP contribution in [0.1, 0.15) is 0 Å². The van der Waals surface area contributed by atoms with E-state index in [2.05, 4.69) is 252 Å². The van der Waals surface area contributed by atoms with E-state index in [-0.39, 0.29) is 0 Å². The maximum absolute atomic E-state index is 7.23. The molecule has 0 amide bonds. The molecule has 4 heteroatoms. The van der Waals surface area contributed by atoms with Gasteiger partial charge in [0, 0.05) is 77.4 Å². The first-order valence-corrected chi connectivity index (χ1v) is 23.9. The third kappa shape index (κ3) is 5.65. The van der Waals surface area contributed by atoms with Crippen molar-refractivity contribution in [2.45, 2.75) is 0 Å². The first kappa shape index (κ1) is 38.7. The number of rotatable bonds is 6. The molecular formula is C66H40N2O2. The average molecular weight is 893 g/mol. The highest BCUT2D eigenvalue weighted by Crippen LogP contribution is 2.52. The smallest absolute Gasteiger partial charge is 0.178 e. The molecule has 0 aliphatic heterocycles. The number of anilines is 6. The monoisotopic (exact) mass is 892 g/mol. The molecule has 13 aromatic carbocycles. The lowest BCUT2D eigenvalue weighted by molar-refractivity contribution is 0.633. The lowest BCUT2D eigenvalue weighted by Gasteiger charge is -2.29. The Balaban J connectivity index is 1.01. The maximum atomic E-state index is 7.23. The summed E-state index contributed by atoms with van der Waals surface area (Å²) >= 11 is 0. The zero-order valence-corrected chi connectivity index (χ0v) is 37.8. The number of fused-ring (bicyclic) bond motifs is 15. The van der Waals surface area contributed by atoms with Crippen molar-refractivity contribution in [2.75, 3.05) is 9.80 Å². The van der Waals surface area contributed by atoms with Crippen LogP contribution in [0.3, 0.4) is 0 Å². The summed E-state index contributed by atoms with van der Waals surface area (Å²) in [5.74, 6) is 0. The molecule has 0 saturated heterocycles. The third-order valence-corrected chi connectivity index (χ3v) is 14.5. The van der Waals surface area contributed by atoms with Gasteiger partial charge in [0.15, 0.2) is 11.2 Å². The fraction of sp³-hybridized carbons (Fsp3) is 0. The Morgan fingerprint density at radius 2 is 0.543 bits per heavy atom. The summed E-state index contributed by atoms with van der Waals surface area (Å²) in [4.78, 5) is 4.86. The first-order chi connectivity index (χ1) is 34.7. The van der Waals surface area contributed by atoms with Gasteiger partial charge in [0.05, 0.1) is 22.7 Å². The van der Waals surface area contributed by atoms with Crippen molar-refractivity contribution in [3.8, 4) is 0 Å². The highest BCUT2D eigenvalue weighted by molar-refractivity contribution is 6.31. The van der Waals surface area contributed by atoms with Gasteiger partial charge in [-0.05, 0) is 80.8 Å². The summed E-state index contributed by atoms with van der Waals surface area (Å²) < 4.78 is 14.5. The highest BCUT2D eigenvalue weighted by Gasteiger charge is 2.27. The Bertz CT molecular complexity index is 4210. The fourth-order valence-corrected chi connectivity index (χ4v) is 11.5. The van der Waals surface area contributed by atoms with E-state index >= 15 is 0 Å². The topological polar surface area (TPSA) is 32.8 Å². The van der Waals surface area contributed by atoms with Gasteiger partial charge in [-0.1, -0.05) is 182 Å². The minimum absolute atomic E-state index is 0.735. The molecule has 0 atom stereocenters. The zero-order chi connectivity index (χ0) is 45.9. The van der Waals surface area contributed by atoms with Crippen molar-refractivity contribution in [1.82, 2.24) is 0 Å². The predicted octanol–water partition coefficient (Wildman–Crippen LogP) is 19.3. The zero-order valence-electron chi connectivity index (χ0n) is 37.8. The van der Waals surface area contributed by atoms with Gasteiger partial charge in [0.1, 0.15) is 11.2 Å². The molecule has 0 aliphatic carbocycles. The van der Waals surface area contributed by atoms with Crippen molar-refractivity contribution < 1.29 is 8.83 Å². The molecular weight excluding hydrogens is 853 g/mol. The van der Waals surface area contributed by atoms with Gasteiger partial charge < -0.3 is 18.6 Å². The molecule has 4 nitrogen and oxygen atoms in total. The first-order valence-electron chi connectivity index (χ1n) is 23.9. The van der Waals surface area contributed by atoms with E-state index in [4.69, 9.17) is 8.83 Å². The van der Waals surface area contributed by atoms with E-state index in [1.165, 1.54) is 43.1 Å². The summed E-state index contributed by atoms with van der Waals surface area (Å²) in [6.45, 7) is 0. The summed E-state index contributed by atoms with van der Waals surface area (Å²) in [6.07, 6.45) is 0. The largest absolute Gasteiger partial charge is 0.452 e. The molecule has 0 unspecified atom stereocenters. The van der Waals surface area contributed by atoms with Gasteiger partial charge in [0.2, 0.25) is 0 Å². The molecule has 2 heterocycles. The van der Waals surface area contributed by atoms with E-state index in [1.54, 1.807) is 0 Å². The molecule has 0 spiro atoms. The van der Waals surface area contributed by atoms with Crippen molar-refractivity contribution in [3.63, 3.8) is 0 Å². The molecule has 0 fully saturated rings. The number of furan rings is 2. The Labute approximate surface area is 402 Å². The van der Waals surface area contributed by atoms with Gasteiger partial charge in [-0.3, -0.25) is 0 Å². The van der Waals surface area contributed by atoms with E-state index < -0.39 is 0 Å². The normalized spacial score (nSPS) is 12.0. The molecule has 70 heavy (non-hydrogen) atoms. The summed E-state index contributed by atoms with van der Waals surface area (Å²) in [6, 6.07) is 87.4. The van der Waals surface area contributed by atoms with Gasteiger partial charge >= 0.3 is 0 Å². The quantitative estimate of drug-likeness (QED) is 0.156. The minimum Gasteiger partial charge on any atom is -0.452 e. The van der Waals surface area contributed by atoms with E-state index in [1.807, 2.05) is 0 Å². The van der Waals surface area contributed by atoms with Crippen LogP contribution in [0.4, 0.5) is 34.1 Å². The van der Waals surface area contributed by atoms with Crippen molar-refractivity contribution in [3.05, 3.63) is 243 Å². The van der Waals surface area contributed by atoms with Crippen LogP contribution in [0, 0.1) is 0 Å². The second-order valence-electron chi connectivity index (χ2n) is 18.3. The van der Waals surface area contributed by atoms with Crippen molar-refractivity contribution in [1.29, 1.82) is 0 Å². The molecule has 0 N–H and O–H groups in total. The second kappa shape index (κ2) is 15.1. The van der Waals surface area contributed by atoms with Crippen LogP contribution in [-0.2, 0) is 0 Å². The Morgan fingerprint density at radius 3 is 0.900 bits per heavy atom. The van der Waals surface area contributed by atoms with Crippen LogP contribution >= 0.6 is 0 Å². The Kier molecular flexibility index (Phi) is 8.33. The van der Waals surface area contributed by atoms with Crippen LogP contribution < -0.4 is 9.80 Å². The molecule has 0 saturated carbocycles. The van der Waals surface area contributed by atoms with Crippen LogP contribution in [0.25, 0.3) is 109 Å². The summed E-state index contributed by atoms with van der Waals surface area (Å²) in [7, 11) is 0. The standard InChI is InChI=1S/C66H40N2O2/c1-3-23-45(24-4-1)67(63-47-27-11-7-19-41(47)37-42-20-8-12-28-48(42)63)57-39-59-61(53-33-17-15-31-51(53)57)55-35-36-56-62-54-34-18-16-32-52(54)58(40-60(62)70-66(56)65(55)69-59)68(46-25-5-2-6-26-46)64-49-29-13-9-21-43(49)38-44-22-10-14-30-50(44)64/h1-40H. The van der Waals surface area contributed by atoms with Crippen molar-refractivity contribution >= 4 is 143 Å². The molecule has 0 bridgehead atoms. The summed E-state index contributed by atoms with van der Waals surface area (Å²) in [5, 5.41) is 18.1.